The van der Waals surface area contributed by atoms with E-state index in [0.29, 0.717) is 5.15 Å². The summed E-state index contributed by atoms with van der Waals surface area (Å²) in [4.78, 5) is 18.7. The molecule has 3 heterocycles. The number of nitrogens with zero attached hydrogens (tertiary/aromatic N) is 2. The van der Waals surface area contributed by atoms with Crippen LogP contribution in [-0.4, -0.2) is 28.4 Å². The highest BCUT2D eigenvalue weighted by molar-refractivity contribution is 6.30. The Balaban J connectivity index is 1.82. The number of rotatable bonds is 1. The summed E-state index contributed by atoms with van der Waals surface area (Å²) in [5.41, 5.74) is 2.97. The summed E-state index contributed by atoms with van der Waals surface area (Å²) in [5, 5.41) is 4.59. The molecule has 4 nitrogen and oxygen atoms in total. The van der Waals surface area contributed by atoms with Crippen molar-refractivity contribution in [1.29, 1.82) is 0 Å². The summed E-state index contributed by atoms with van der Waals surface area (Å²) in [7, 11) is 0. The molecular formula is C16H16ClN3O. The molecule has 1 aromatic carbocycles. The van der Waals surface area contributed by atoms with Crippen molar-refractivity contribution < 1.29 is 4.79 Å². The van der Waals surface area contributed by atoms with Crippen molar-refractivity contribution in [2.75, 3.05) is 6.54 Å². The summed E-state index contributed by atoms with van der Waals surface area (Å²) < 4.78 is 0. The fourth-order valence-electron chi connectivity index (χ4n) is 3.43. The molecule has 5 heteroatoms. The van der Waals surface area contributed by atoms with Gasteiger partial charge in [0.1, 0.15) is 11.3 Å². The van der Waals surface area contributed by atoms with Gasteiger partial charge in [-0.05, 0) is 38.0 Å². The first-order valence-electron chi connectivity index (χ1n) is 7.26. The molecule has 2 aliphatic heterocycles. The first kappa shape index (κ1) is 13.0. The molecule has 1 N–H and O–H groups in total. The summed E-state index contributed by atoms with van der Waals surface area (Å²) in [6.45, 7) is 2.98. The monoisotopic (exact) mass is 301 g/mol. The second-order valence-corrected chi connectivity index (χ2v) is 6.23. The normalized spacial score (nSPS) is 25.3. The zero-order chi connectivity index (χ0) is 14.6. The van der Waals surface area contributed by atoms with Crippen molar-refractivity contribution >= 4 is 28.4 Å². The van der Waals surface area contributed by atoms with Crippen LogP contribution in [0.3, 0.4) is 0 Å². The number of benzene rings is 1. The van der Waals surface area contributed by atoms with E-state index < -0.39 is 0 Å². The molecule has 2 saturated heterocycles. The Hall–Kier alpha value is -1.65. The predicted molar refractivity (Wildman–Crippen MR) is 82.1 cm³/mol. The number of carbonyl (C=O) groups is 1. The minimum absolute atomic E-state index is 0.000673. The summed E-state index contributed by atoms with van der Waals surface area (Å²) in [6.07, 6.45) is 1.85. The minimum Gasteiger partial charge on any atom is -0.335 e. The third kappa shape index (κ3) is 2.01. The molecule has 0 radical (unpaired) electrons. The highest BCUT2D eigenvalue weighted by atomic mass is 35.5. The first-order valence-corrected chi connectivity index (χ1v) is 7.64. The molecule has 2 atom stereocenters. The summed E-state index contributed by atoms with van der Waals surface area (Å²) in [6, 6.07) is 8.16. The number of amides is 1. The van der Waals surface area contributed by atoms with Gasteiger partial charge in [-0.1, -0.05) is 23.2 Å². The highest BCUT2D eigenvalue weighted by Crippen LogP contribution is 2.36. The molecule has 1 aromatic heterocycles. The SMILES string of the molecule is Cc1ccc2nc(Cl)c(C3NC(=O)C4CCCN43)cc2c1. The lowest BCUT2D eigenvalue weighted by atomic mass is 10.1. The van der Waals surface area contributed by atoms with E-state index in [1.54, 1.807) is 0 Å². The maximum absolute atomic E-state index is 12.1. The topological polar surface area (TPSA) is 45.2 Å². The van der Waals surface area contributed by atoms with Gasteiger partial charge in [0.25, 0.3) is 0 Å². The molecule has 2 unspecified atom stereocenters. The Bertz CT molecular complexity index is 746. The van der Waals surface area contributed by atoms with Crippen LogP contribution >= 0.6 is 11.6 Å². The van der Waals surface area contributed by atoms with Gasteiger partial charge in [0.15, 0.2) is 0 Å². The van der Waals surface area contributed by atoms with Crippen LogP contribution in [0.2, 0.25) is 5.15 Å². The zero-order valence-corrected chi connectivity index (χ0v) is 12.5. The van der Waals surface area contributed by atoms with E-state index in [2.05, 4.69) is 34.3 Å². The third-order valence-electron chi connectivity index (χ3n) is 4.45. The highest BCUT2D eigenvalue weighted by Gasteiger charge is 2.43. The molecule has 108 valence electrons. The van der Waals surface area contributed by atoms with Crippen LogP contribution in [-0.2, 0) is 4.79 Å². The fourth-order valence-corrected chi connectivity index (χ4v) is 3.68. The van der Waals surface area contributed by atoms with Gasteiger partial charge in [0.05, 0.1) is 11.6 Å². The van der Waals surface area contributed by atoms with Crippen molar-refractivity contribution in [1.82, 2.24) is 15.2 Å². The number of hydrogen-bond donors (Lipinski definition) is 1. The molecule has 2 aromatic rings. The van der Waals surface area contributed by atoms with Crippen molar-refractivity contribution in [3.8, 4) is 0 Å². The molecule has 21 heavy (non-hydrogen) atoms. The first-order chi connectivity index (χ1) is 10.1. The van der Waals surface area contributed by atoms with E-state index in [1.807, 2.05) is 12.1 Å². The fraction of sp³-hybridized carbons (Fsp3) is 0.375. The van der Waals surface area contributed by atoms with E-state index in [4.69, 9.17) is 11.6 Å². The van der Waals surface area contributed by atoms with Crippen molar-refractivity contribution in [3.63, 3.8) is 0 Å². The smallest absolute Gasteiger partial charge is 0.238 e. The third-order valence-corrected chi connectivity index (χ3v) is 4.76. The number of aryl methyl sites for hydroxylation is 1. The zero-order valence-electron chi connectivity index (χ0n) is 11.8. The van der Waals surface area contributed by atoms with Gasteiger partial charge < -0.3 is 5.32 Å². The van der Waals surface area contributed by atoms with Crippen LogP contribution in [0.5, 0.6) is 0 Å². The van der Waals surface area contributed by atoms with Crippen LogP contribution < -0.4 is 5.32 Å². The molecule has 1 amide bonds. The lowest BCUT2D eigenvalue weighted by Crippen LogP contribution is -2.28. The quantitative estimate of drug-likeness (QED) is 0.824. The summed E-state index contributed by atoms with van der Waals surface area (Å²) in [5.74, 6) is 0.109. The number of nitrogens with one attached hydrogen (secondary N) is 1. The maximum Gasteiger partial charge on any atom is 0.238 e. The van der Waals surface area contributed by atoms with Gasteiger partial charge >= 0.3 is 0 Å². The van der Waals surface area contributed by atoms with Gasteiger partial charge in [0, 0.05) is 17.5 Å². The molecule has 0 aliphatic carbocycles. The van der Waals surface area contributed by atoms with Crippen LogP contribution in [0.1, 0.15) is 30.1 Å². The van der Waals surface area contributed by atoms with Crippen LogP contribution in [0.15, 0.2) is 24.3 Å². The Kier molecular flexibility index (Phi) is 2.91. The van der Waals surface area contributed by atoms with Gasteiger partial charge in [-0.2, -0.15) is 0 Å². The maximum atomic E-state index is 12.1. The van der Waals surface area contributed by atoms with Gasteiger partial charge in [-0.15, -0.1) is 0 Å². The molecule has 4 rings (SSSR count). The number of hydrogen-bond acceptors (Lipinski definition) is 3. The van der Waals surface area contributed by atoms with E-state index in [9.17, 15) is 4.79 Å². The van der Waals surface area contributed by atoms with E-state index in [-0.39, 0.29) is 18.1 Å². The average Bonchev–Trinajstić information content (AvgIpc) is 3.03. The van der Waals surface area contributed by atoms with Crippen molar-refractivity contribution in [2.45, 2.75) is 32.0 Å². The van der Waals surface area contributed by atoms with Crippen molar-refractivity contribution in [2.24, 2.45) is 0 Å². The number of pyridine rings is 1. The molecule has 2 aliphatic rings. The van der Waals surface area contributed by atoms with Crippen molar-refractivity contribution in [3.05, 3.63) is 40.5 Å². The van der Waals surface area contributed by atoms with Gasteiger partial charge in [0.2, 0.25) is 5.91 Å². The predicted octanol–water partition coefficient (Wildman–Crippen LogP) is 2.79. The second kappa shape index (κ2) is 4.68. The Labute approximate surface area is 128 Å². The minimum atomic E-state index is -0.144. The Morgan fingerprint density at radius 3 is 3.10 bits per heavy atom. The van der Waals surface area contributed by atoms with Gasteiger partial charge in [-0.25, -0.2) is 4.98 Å². The van der Waals surface area contributed by atoms with E-state index in [0.717, 1.165) is 35.9 Å². The Morgan fingerprint density at radius 2 is 2.24 bits per heavy atom. The van der Waals surface area contributed by atoms with Crippen LogP contribution in [0.25, 0.3) is 10.9 Å². The molecule has 0 saturated carbocycles. The molecule has 0 bridgehead atoms. The number of carbonyl (C=O) groups excluding carboxylic acids is 1. The lowest BCUT2D eigenvalue weighted by Gasteiger charge is -2.23. The Morgan fingerprint density at radius 1 is 1.38 bits per heavy atom. The van der Waals surface area contributed by atoms with Gasteiger partial charge in [-0.3, -0.25) is 9.69 Å². The standard InChI is InChI=1S/C16H16ClN3O/c1-9-4-5-12-10(7-9)8-11(14(17)18-12)15-19-16(21)13-3-2-6-20(13)15/h4-5,7-8,13,15H,2-3,6H2,1H3,(H,19,21). The summed E-state index contributed by atoms with van der Waals surface area (Å²) >= 11 is 6.37. The molecule has 2 fully saturated rings. The number of halogens is 1. The molecule has 0 spiro atoms. The van der Waals surface area contributed by atoms with Crippen LogP contribution in [0.4, 0.5) is 0 Å². The van der Waals surface area contributed by atoms with Crippen LogP contribution in [0, 0.1) is 6.92 Å². The average molecular weight is 302 g/mol. The largest absolute Gasteiger partial charge is 0.335 e. The number of aromatic nitrogens is 1. The lowest BCUT2D eigenvalue weighted by molar-refractivity contribution is -0.121. The van der Waals surface area contributed by atoms with E-state index in [1.165, 1.54) is 5.56 Å². The second-order valence-electron chi connectivity index (χ2n) is 5.87. The van der Waals surface area contributed by atoms with E-state index >= 15 is 0 Å². The molecular weight excluding hydrogens is 286 g/mol. The number of fused-ring (bicyclic) bond motifs is 2.